The smallest absolute Gasteiger partial charge is 0.0392 e. The second-order valence-corrected chi connectivity index (χ2v) is 2.79. The largest absolute Gasteiger partial charge is 0.293 e. The molecule has 1 aliphatic rings. The van der Waals surface area contributed by atoms with Crippen molar-refractivity contribution < 1.29 is 0 Å². The first kappa shape index (κ1) is 6.53. The molecule has 0 fully saturated rings. The summed E-state index contributed by atoms with van der Waals surface area (Å²) in [5.74, 6) is 0.778. The molecule has 0 aromatic heterocycles. The van der Waals surface area contributed by atoms with Crippen LogP contribution < -0.4 is 0 Å². The number of hydrogen-bond donors (Lipinski definition) is 0. The second kappa shape index (κ2) is 2.81. The minimum Gasteiger partial charge on any atom is -0.293 e. The summed E-state index contributed by atoms with van der Waals surface area (Å²) in [6, 6.07) is 0. The molecule has 0 aromatic carbocycles. The number of nitrogens with zero attached hydrogens (tertiary/aromatic N) is 1. The number of aliphatic imine (C=N–C) groups is 1. The molecule has 0 saturated heterocycles. The average molecular weight is 123 g/mol. The maximum Gasteiger partial charge on any atom is 0.0392 e. The van der Waals surface area contributed by atoms with Gasteiger partial charge in [0.1, 0.15) is 0 Å². The molecule has 1 unspecified atom stereocenters. The summed E-state index contributed by atoms with van der Waals surface area (Å²) in [5.41, 5.74) is 1.18. The molecule has 0 amide bonds. The van der Waals surface area contributed by atoms with Crippen molar-refractivity contribution in [2.75, 3.05) is 6.54 Å². The predicted octanol–water partition coefficient (Wildman–Crippen LogP) is 2.04. The summed E-state index contributed by atoms with van der Waals surface area (Å²) in [5, 5.41) is 0. The monoisotopic (exact) mass is 123 g/mol. The van der Waals surface area contributed by atoms with Crippen LogP contribution in [0.3, 0.4) is 0 Å². The molecule has 1 nitrogen and oxygen atoms in total. The fraction of sp³-hybridized carbons (Fsp3) is 0.625. The fourth-order valence-corrected chi connectivity index (χ4v) is 1.09. The normalized spacial score (nSPS) is 28.1. The average Bonchev–Trinajstić information content (AvgIpc) is 1.93. The lowest BCUT2D eigenvalue weighted by Crippen LogP contribution is -1.94. The van der Waals surface area contributed by atoms with Crippen LogP contribution >= 0.6 is 0 Å². The van der Waals surface area contributed by atoms with Gasteiger partial charge in [-0.05, 0) is 24.3 Å². The molecule has 1 atom stereocenters. The van der Waals surface area contributed by atoms with Crippen LogP contribution in [0, 0.1) is 5.92 Å². The van der Waals surface area contributed by atoms with E-state index in [1.807, 2.05) is 6.21 Å². The molecular formula is C8H13N. The van der Waals surface area contributed by atoms with E-state index >= 15 is 0 Å². The van der Waals surface area contributed by atoms with Gasteiger partial charge in [0, 0.05) is 12.8 Å². The van der Waals surface area contributed by atoms with Gasteiger partial charge in [-0.25, -0.2) is 0 Å². The minimum atomic E-state index is 0.778. The maximum atomic E-state index is 4.18. The summed E-state index contributed by atoms with van der Waals surface area (Å²) in [6.45, 7) is 7.11. The Hall–Kier alpha value is -0.590. The van der Waals surface area contributed by atoms with Crippen LogP contribution in [0.1, 0.15) is 19.8 Å². The standard InChI is InChI=1S/C8H13N/c1-7-3-4-9-6-8(2)5-7/h6-7H,2-5H2,1H3. The van der Waals surface area contributed by atoms with Crippen molar-refractivity contribution in [1.29, 1.82) is 0 Å². The van der Waals surface area contributed by atoms with Gasteiger partial charge in [0.2, 0.25) is 0 Å². The second-order valence-electron chi connectivity index (χ2n) is 2.79. The molecule has 1 heteroatoms. The topological polar surface area (TPSA) is 12.4 Å². The van der Waals surface area contributed by atoms with E-state index in [-0.39, 0.29) is 0 Å². The first-order chi connectivity index (χ1) is 4.29. The highest BCUT2D eigenvalue weighted by atomic mass is 14.7. The molecule has 0 spiro atoms. The first-order valence-corrected chi connectivity index (χ1v) is 3.46. The Kier molecular flexibility index (Phi) is 2.04. The summed E-state index contributed by atoms with van der Waals surface area (Å²) < 4.78 is 0. The Bertz CT molecular complexity index is 136. The highest BCUT2D eigenvalue weighted by Crippen LogP contribution is 2.14. The highest BCUT2D eigenvalue weighted by Gasteiger charge is 2.04. The van der Waals surface area contributed by atoms with Gasteiger partial charge in [0.25, 0.3) is 0 Å². The van der Waals surface area contributed by atoms with Gasteiger partial charge < -0.3 is 0 Å². The molecule has 1 aliphatic heterocycles. The van der Waals surface area contributed by atoms with Crippen molar-refractivity contribution in [3.05, 3.63) is 12.2 Å². The Morgan fingerprint density at radius 3 is 3.33 bits per heavy atom. The van der Waals surface area contributed by atoms with E-state index in [0.29, 0.717) is 0 Å². The molecule has 0 bridgehead atoms. The zero-order valence-electron chi connectivity index (χ0n) is 5.93. The molecule has 9 heavy (non-hydrogen) atoms. The summed E-state index contributed by atoms with van der Waals surface area (Å²) in [4.78, 5) is 4.18. The molecule has 1 rings (SSSR count). The van der Waals surface area contributed by atoms with Crippen molar-refractivity contribution in [1.82, 2.24) is 0 Å². The van der Waals surface area contributed by atoms with Gasteiger partial charge in [0.15, 0.2) is 0 Å². The van der Waals surface area contributed by atoms with Crippen molar-refractivity contribution >= 4 is 6.21 Å². The van der Waals surface area contributed by atoms with Gasteiger partial charge in [-0.2, -0.15) is 0 Å². The van der Waals surface area contributed by atoms with E-state index in [1.165, 1.54) is 12.0 Å². The first-order valence-electron chi connectivity index (χ1n) is 3.46. The van der Waals surface area contributed by atoms with Gasteiger partial charge in [0.05, 0.1) is 0 Å². The maximum absolute atomic E-state index is 4.18. The molecule has 0 radical (unpaired) electrons. The molecule has 0 aromatic rings. The lowest BCUT2D eigenvalue weighted by molar-refractivity contribution is 0.553. The minimum absolute atomic E-state index is 0.778. The van der Waals surface area contributed by atoms with Crippen molar-refractivity contribution in [2.45, 2.75) is 19.8 Å². The van der Waals surface area contributed by atoms with Crippen molar-refractivity contribution in [3.8, 4) is 0 Å². The Morgan fingerprint density at radius 2 is 2.56 bits per heavy atom. The van der Waals surface area contributed by atoms with E-state index in [9.17, 15) is 0 Å². The van der Waals surface area contributed by atoms with E-state index < -0.39 is 0 Å². The summed E-state index contributed by atoms with van der Waals surface area (Å²) in [6.07, 6.45) is 4.25. The molecular weight excluding hydrogens is 110 g/mol. The Morgan fingerprint density at radius 1 is 1.78 bits per heavy atom. The quantitative estimate of drug-likeness (QED) is 0.467. The van der Waals surface area contributed by atoms with Crippen LogP contribution in [0.5, 0.6) is 0 Å². The van der Waals surface area contributed by atoms with Crippen LogP contribution in [0.25, 0.3) is 0 Å². The Balaban J connectivity index is 2.50. The zero-order chi connectivity index (χ0) is 6.69. The van der Waals surface area contributed by atoms with Crippen molar-refractivity contribution in [2.24, 2.45) is 10.9 Å². The number of rotatable bonds is 0. The molecule has 50 valence electrons. The molecule has 0 N–H and O–H groups in total. The molecule has 0 saturated carbocycles. The number of hydrogen-bond acceptors (Lipinski definition) is 1. The van der Waals surface area contributed by atoms with Crippen LogP contribution in [0.4, 0.5) is 0 Å². The van der Waals surface area contributed by atoms with Crippen LogP contribution in [-0.2, 0) is 0 Å². The number of allylic oxidation sites excluding steroid dienone is 1. The third kappa shape index (κ3) is 2.00. The zero-order valence-corrected chi connectivity index (χ0v) is 5.93. The molecule has 0 aliphatic carbocycles. The molecule has 1 heterocycles. The van der Waals surface area contributed by atoms with Gasteiger partial charge in [-0.15, -0.1) is 0 Å². The van der Waals surface area contributed by atoms with Crippen molar-refractivity contribution in [3.63, 3.8) is 0 Å². The van der Waals surface area contributed by atoms with Crippen LogP contribution in [0.2, 0.25) is 0 Å². The van der Waals surface area contributed by atoms with Gasteiger partial charge in [-0.3, -0.25) is 4.99 Å². The fourth-order valence-electron chi connectivity index (χ4n) is 1.09. The van der Waals surface area contributed by atoms with Gasteiger partial charge in [-0.1, -0.05) is 13.5 Å². The highest BCUT2D eigenvalue weighted by molar-refractivity contribution is 5.77. The van der Waals surface area contributed by atoms with E-state index in [1.54, 1.807) is 0 Å². The predicted molar refractivity (Wildman–Crippen MR) is 40.9 cm³/mol. The van der Waals surface area contributed by atoms with Crippen LogP contribution in [0.15, 0.2) is 17.1 Å². The lowest BCUT2D eigenvalue weighted by atomic mass is 10.0. The van der Waals surface area contributed by atoms with Crippen LogP contribution in [-0.4, -0.2) is 12.8 Å². The summed E-state index contributed by atoms with van der Waals surface area (Å²) >= 11 is 0. The SMILES string of the molecule is C=C1C=NCCC(C)C1. The van der Waals surface area contributed by atoms with E-state index in [4.69, 9.17) is 0 Å². The lowest BCUT2D eigenvalue weighted by Gasteiger charge is -2.03. The van der Waals surface area contributed by atoms with Gasteiger partial charge >= 0.3 is 0 Å². The van der Waals surface area contributed by atoms with E-state index in [2.05, 4.69) is 18.5 Å². The third-order valence-electron chi connectivity index (χ3n) is 1.64. The third-order valence-corrected chi connectivity index (χ3v) is 1.64. The summed E-state index contributed by atoms with van der Waals surface area (Å²) in [7, 11) is 0. The Labute approximate surface area is 56.5 Å². The van der Waals surface area contributed by atoms with E-state index in [0.717, 1.165) is 18.9 Å².